The van der Waals surface area contributed by atoms with Crippen molar-refractivity contribution >= 4 is 36.1 Å². The van der Waals surface area contributed by atoms with Gasteiger partial charge in [0.1, 0.15) is 23.9 Å². The standard InChI is InChI=1S/C32H40F2N4O5Si/c1-20-16-25(42-29(33)34)26(22-12-13-37(27(20)22)30(39)43-31(2,3)4)32(5,40-6)28-36-23-11-10-21(18-35)17-24(23)38(28)19-41-14-15-44(7,8)9/h10-13,16-17,29H,14-15,19H2,1-9H3. The predicted octanol–water partition coefficient (Wildman–Crippen LogP) is 7.78. The molecule has 2 aromatic carbocycles. The second-order valence-corrected chi connectivity index (χ2v) is 18.8. The Morgan fingerprint density at radius 3 is 2.43 bits per heavy atom. The lowest BCUT2D eigenvalue weighted by molar-refractivity contribution is -0.0544. The second kappa shape index (κ2) is 12.3. The van der Waals surface area contributed by atoms with Crippen LogP contribution < -0.4 is 4.74 Å². The lowest BCUT2D eigenvalue weighted by atomic mass is 9.89. The number of rotatable bonds is 10. The molecule has 12 heteroatoms. The van der Waals surface area contributed by atoms with E-state index < -0.39 is 32.0 Å². The van der Waals surface area contributed by atoms with E-state index in [4.69, 9.17) is 23.9 Å². The van der Waals surface area contributed by atoms with Crippen LogP contribution in [-0.4, -0.2) is 54.2 Å². The largest absolute Gasteiger partial charge is 0.443 e. The lowest BCUT2D eigenvalue weighted by Gasteiger charge is -2.31. The Bertz CT molecular complexity index is 1730. The Labute approximate surface area is 257 Å². The maximum Gasteiger partial charge on any atom is 0.419 e. The van der Waals surface area contributed by atoms with Crippen molar-refractivity contribution in [3.8, 4) is 11.8 Å². The van der Waals surface area contributed by atoms with Crippen molar-refractivity contribution in [2.75, 3.05) is 13.7 Å². The van der Waals surface area contributed by atoms with E-state index in [1.807, 2.05) is 0 Å². The number of halogens is 2. The number of hydrogen-bond donors (Lipinski definition) is 0. The van der Waals surface area contributed by atoms with Gasteiger partial charge in [0.2, 0.25) is 0 Å². The Morgan fingerprint density at radius 2 is 1.84 bits per heavy atom. The number of hydrogen-bond acceptors (Lipinski definition) is 7. The fourth-order valence-electron chi connectivity index (χ4n) is 5.18. The monoisotopic (exact) mass is 626 g/mol. The smallest absolute Gasteiger partial charge is 0.419 e. The summed E-state index contributed by atoms with van der Waals surface area (Å²) in [5.74, 6) is 0.236. The summed E-state index contributed by atoms with van der Waals surface area (Å²) in [7, 11) is 0.0734. The van der Waals surface area contributed by atoms with Gasteiger partial charge in [-0.15, -0.1) is 0 Å². The molecule has 0 radical (unpaired) electrons. The summed E-state index contributed by atoms with van der Waals surface area (Å²) in [6, 6.07) is 11.3. The molecule has 0 saturated carbocycles. The van der Waals surface area contributed by atoms with Crippen LogP contribution in [0.2, 0.25) is 25.7 Å². The molecule has 0 fully saturated rings. The molecular formula is C32H40F2N4O5Si. The van der Waals surface area contributed by atoms with Gasteiger partial charge in [-0.1, -0.05) is 19.6 Å². The van der Waals surface area contributed by atoms with Crippen molar-refractivity contribution in [2.45, 2.75) is 84.8 Å². The zero-order chi connectivity index (χ0) is 32.6. The van der Waals surface area contributed by atoms with Crippen LogP contribution in [0, 0.1) is 18.3 Å². The van der Waals surface area contributed by atoms with Crippen molar-refractivity contribution < 1.29 is 32.5 Å². The Kier molecular flexibility index (Phi) is 9.26. The zero-order valence-electron chi connectivity index (χ0n) is 26.7. The third kappa shape index (κ3) is 6.80. The molecule has 1 atom stereocenters. The van der Waals surface area contributed by atoms with Gasteiger partial charge in [-0.3, -0.25) is 4.57 Å². The maximum atomic E-state index is 13.9. The van der Waals surface area contributed by atoms with E-state index in [2.05, 4.69) is 25.7 Å². The summed E-state index contributed by atoms with van der Waals surface area (Å²) < 4.78 is 53.9. The first-order chi connectivity index (χ1) is 20.5. The second-order valence-electron chi connectivity index (χ2n) is 13.1. The van der Waals surface area contributed by atoms with Crippen molar-refractivity contribution in [1.82, 2.24) is 14.1 Å². The van der Waals surface area contributed by atoms with Crippen molar-refractivity contribution in [1.29, 1.82) is 5.26 Å². The minimum absolute atomic E-state index is 0.0864. The van der Waals surface area contributed by atoms with E-state index in [0.29, 0.717) is 45.5 Å². The van der Waals surface area contributed by atoms with E-state index in [1.54, 1.807) is 69.6 Å². The molecule has 4 rings (SSSR count). The van der Waals surface area contributed by atoms with Crippen LogP contribution in [0.25, 0.3) is 21.9 Å². The number of aromatic nitrogens is 3. The number of carbonyl (C=O) groups excluding carboxylic acids is 1. The van der Waals surface area contributed by atoms with Crippen LogP contribution in [0.4, 0.5) is 13.6 Å². The number of imidazole rings is 1. The molecule has 4 aromatic rings. The van der Waals surface area contributed by atoms with Crippen LogP contribution in [0.3, 0.4) is 0 Å². The Hall–Kier alpha value is -3.79. The van der Waals surface area contributed by atoms with Crippen LogP contribution in [-0.2, 0) is 26.5 Å². The van der Waals surface area contributed by atoms with Crippen molar-refractivity contribution in [3.05, 3.63) is 59.0 Å². The van der Waals surface area contributed by atoms with Gasteiger partial charge in [-0.25, -0.2) is 9.78 Å². The number of nitriles is 1. The SMILES string of the molecule is COC(C)(c1c(OC(F)F)cc(C)c2c1ccn2C(=O)OC(C)(C)C)c1nc2ccc(C#N)cc2n1COCC[Si](C)(C)C. The summed E-state index contributed by atoms with van der Waals surface area (Å²) in [4.78, 5) is 18.1. The van der Waals surface area contributed by atoms with Crippen LogP contribution in [0.5, 0.6) is 5.75 Å². The lowest BCUT2D eigenvalue weighted by Crippen LogP contribution is -2.32. The zero-order valence-corrected chi connectivity index (χ0v) is 27.7. The molecule has 0 amide bonds. The van der Waals surface area contributed by atoms with Crippen LogP contribution >= 0.6 is 0 Å². The number of alkyl halides is 2. The highest BCUT2D eigenvalue weighted by atomic mass is 28.3. The van der Waals surface area contributed by atoms with E-state index in [1.165, 1.54) is 17.7 Å². The quantitative estimate of drug-likeness (QED) is 0.131. The number of nitrogens with zero attached hydrogens (tertiary/aromatic N) is 4. The first-order valence-electron chi connectivity index (χ1n) is 14.4. The Morgan fingerprint density at radius 1 is 1.14 bits per heavy atom. The highest BCUT2D eigenvalue weighted by molar-refractivity contribution is 6.76. The number of benzene rings is 2. The highest BCUT2D eigenvalue weighted by Crippen LogP contribution is 2.45. The van der Waals surface area contributed by atoms with Gasteiger partial charge >= 0.3 is 12.7 Å². The highest BCUT2D eigenvalue weighted by Gasteiger charge is 2.41. The molecule has 9 nitrogen and oxygen atoms in total. The first-order valence-corrected chi connectivity index (χ1v) is 18.1. The van der Waals surface area contributed by atoms with Crippen molar-refractivity contribution in [2.24, 2.45) is 0 Å². The van der Waals surface area contributed by atoms with E-state index in [-0.39, 0.29) is 18.0 Å². The number of aryl methyl sites for hydroxylation is 1. The number of fused-ring (bicyclic) bond motifs is 2. The van der Waals surface area contributed by atoms with Gasteiger partial charge in [0, 0.05) is 38.9 Å². The van der Waals surface area contributed by atoms with Crippen LogP contribution in [0.15, 0.2) is 36.5 Å². The van der Waals surface area contributed by atoms with E-state index in [0.717, 1.165) is 6.04 Å². The average molecular weight is 627 g/mol. The molecular weight excluding hydrogens is 586 g/mol. The minimum atomic E-state index is -3.12. The summed E-state index contributed by atoms with van der Waals surface area (Å²) in [6.45, 7) is 13.0. The molecule has 0 aliphatic carbocycles. The van der Waals surface area contributed by atoms with Crippen LogP contribution in [0.1, 0.15) is 50.2 Å². The molecule has 44 heavy (non-hydrogen) atoms. The molecule has 2 aromatic heterocycles. The fourth-order valence-corrected chi connectivity index (χ4v) is 5.93. The van der Waals surface area contributed by atoms with Gasteiger partial charge < -0.3 is 23.5 Å². The van der Waals surface area contributed by atoms with Gasteiger partial charge in [-0.2, -0.15) is 14.0 Å². The molecule has 2 heterocycles. The third-order valence-electron chi connectivity index (χ3n) is 7.34. The molecule has 0 bridgehead atoms. The first kappa shape index (κ1) is 33.1. The summed E-state index contributed by atoms with van der Waals surface area (Å²) in [6.07, 6.45) is 0.925. The number of ether oxygens (including phenoxy) is 4. The Balaban J connectivity index is 1.99. The van der Waals surface area contributed by atoms with E-state index in [9.17, 15) is 18.8 Å². The predicted molar refractivity (Wildman–Crippen MR) is 167 cm³/mol. The topological polar surface area (TPSA) is 101 Å². The minimum Gasteiger partial charge on any atom is -0.443 e. The molecule has 0 spiro atoms. The molecule has 0 saturated heterocycles. The normalized spacial score (nSPS) is 13.8. The van der Waals surface area contributed by atoms with Crippen molar-refractivity contribution in [3.63, 3.8) is 0 Å². The average Bonchev–Trinajstić information content (AvgIpc) is 3.51. The molecule has 1 unspecified atom stereocenters. The maximum absolute atomic E-state index is 13.9. The molecule has 0 aliphatic rings. The number of methoxy groups -OCH3 is 1. The molecule has 0 N–H and O–H groups in total. The summed E-state index contributed by atoms with van der Waals surface area (Å²) in [5, 5.41) is 10.1. The molecule has 0 aliphatic heterocycles. The van der Waals surface area contributed by atoms with Gasteiger partial charge in [0.15, 0.2) is 5.60 Å². The summed E-state index contributed by atoms with van der Waals surface area (Å²) in [5.41, 5.74) is 0.624. The van der Waals surface area contributed by atoms with E-state index >= 15 is 0 Å². The number of carbonyl (C=O) groups is 1. The van der Waals surface area contributed by atoms with Gasteiger partial charge in [0.05, 0.1) is 28.2 Å². The molecule has 236 valence electrons. The summed E-state index contributed by atoms with van der Waals surface area (Å²) >= 11 is 0. The third-order valence-corrected chi connectivity index (χ3v) is 9.04. The fraction of sp³-hybridized carbons (Fsp3) is 0.469. The van der Waals surface area contributed by atoms with Gasteiger partial charge in [0.25, 0.3) is 0 Å². The van der Waals surface area contributed by atoms with Gasteiger partial charge in [-0.05, 0) is 76.6 Å².